The summed E-state index contributed by atoms with van der Waals surface area (Å²) >= 11 is 0. The number of carbonyl (C=O) groups excluding carboxylic acids is 1. The Bertz CT molecular complexity index is 1130. The molecule has 1 amide bonds. The Balaban J connectivity index is 1.33. The highest BCUT2D eigenvalue weighted by atomic mass is 16.4. The third kappa shape index (κ3) is 3.94. The van der Waals surface area contributed by atoms with Crippen molar-refractivity contribution in [3.63, 3.8) is 0 Å². The molecule has 1 aromatic carbocycles. The van der Waals surface area contributed by atoms with Gasteiger partial charge in [-0.3, -0.25) is 4.79 Å². The molecule has 166 valence electrons. The number of nitrogens with two attached hydrogens (primary N) is 2. The molecule has 3 atom stereocenters. The number of carbonyl (C=O) groups is 1. The molecule has 3 aromatic rings. The molecule has 2 aromatic heterocycles. The van der Waals surface area contributed by atoms with Crippen molar-refractivity contribution >= 4 is 11.7 Å². The van der Waals surface area contributed by atoms with Crippen molar-refractivity contribution < 1.29 is 9.21 Å². The first-order valence-corrected chi connectivity index (χ1v) is 10.8. The Morgan fingerprint density at radius 3 is 2.75 bits per heavy atom. The third-order valence-corrected chi connectivity index (χ3v) is 6.05. The van der Waals surface area contributed by atoms with E-state index in [1.807, 2.05) is 36.2 Å². The molecule has 10 nitrogen and oxygen atoms in total. The maximum Gasteiger partial charge on any atom is 0.270 e. The summed E-state index contributed by atoms with van der Waals surface area (Å²) in [6.45, 7) is 2.13. The van der Waals surface area contributed by atoms with Gasteiger partial charge in [0.2, 0.25) is 11.8 Å². The van der Waals surface area contributed by atoms with Gasteiger partial charge in [-0.05, 0) is 37.6 Å². The van der Waals surface area contributed by atoms with E-state index in [0.29, 0.717) is 23.8 Å². The summed E-state index contributed by atoms with van der Waals surface area (Å²) in [7, 11) is 1.90. The van der Waals surface area contributed by atoms with Gasteiger partial charge in [-0.25, -0.2) is 9.97 Å². The molecule has 1 saturated carbocycles. The second-order valence-corrected chi connectivity index (χ2v) is 8.45. The number of anilines is 1. The van der Waals surface area contributed by atoms with Gasteiger partial charge in [0.25, 0.3) is 5.89 Å². The zero-order chi connectivity index (χ0) is 22.2. The van der Waals surface area contributed by atoms with E-state index in [4.69, 9.17) is 15.9 Å². The summed E-state index contributed by atoms with van der Waals surface area (Å²) in [6, 6.07) is 7.94. The number of rotatable bonds is 6. The molecule has 1 saturated heterocycles. The zero-order valence-electron chi connectivity index (χ0n) is 17.9. The molecule has 2 aliphatic rings. The normalized spacial score (nSPS) is 22.3. The van der Waals surface area contributed by atoms with Gasteiger partial charge in [0.05, 0.1) is 11.9 Å². The fourth-order valence-corrected chi connectivity index (χ4v) is 4.17. The molecule has 10 heteroatoms. The minimum atomic E-state index is -0.0829. The molecule has 2 unspecified atom stereocenters. The lowest BCUT2D eigenvalue weighted by Crippen LogP contribution is -2.33. The van der Waals surface area contributed by atoms with Crippen LogP contribution in [-0.2, 0) is 11.3 Å². The Morgan fingerprint density at radius 2 is 2.03 bits per heavy atom. The summed E-state index contributed by atoms with van der Waals surface area (Å²) in [5.74, 6) is 0.883. The topological polar surface area (TPSA) is 149 Å². The van der Waals surface area contributed by atoms with Gasteiger partial charge < -0.3 is 26.1 Å². The lowest BCUT2D eigenvalue weighted by atomic mass is 10.1. The molecule has 1 aliphatic carbocycles. The third-order valence-electron chi connectivity index (χ3n) is 6.05. The highest BCUT2D eigenvalue weighted by molar-refractivity contribution is 5.83. The number of nitrogens with one attached hydrogen (secondary N) is 1. The molecule has 5 N–H and O–H groups in total. The number of hydrogen-bond acceptors (Lipinski definition) is 9. The maximum absolute atomic E-state index is 12.7. The smallest absolute Gasteiger partial charge is 0.270 e. The summed E-state index contributed by atoms with van der Waals surface area (Å²) in [5, 5.41) is 11.4. The van der Waals surface area contributed by atoms with Crippen LogP contribution < -0.4 is 16.8 Å². The molecular weight excluding hydrogens is 408 g/mol. The van der Waals surface area contributed by atoms with Crippen molar-refractivity contribution in [1.82, 2.24) is 30.4 Å². The van der Waals surface area contributed by atoms with Gasteiger partial charge in [-0.2, -0.15) is 0 Å². The number of hydrogen-bond donors (Lipinski definition) is 3. The minimum Gasteiger partial charge on any atom is -0.414 e. The molecule has 5 rings (SSSR count). The van der Waals surface area contributed by atoms with Crippen molar-refractivity contribution in [3.8, 4) is 23.0 Å². The maximum atomic E-state index is 12.7. The van der Waals surface area contributed by atoms with E-state index in [1.165, 1.54) is 0 Å². The molecule has 1 aliphatic heterocycles. The second kappa shape index (κ2) is 8.29. The second-order valence-electron chi connectivity index (χ2n) is 8.45. The summed E-state index contributed by atoms with van der Waals surface area (Å²) in [6.07, 6.45) is 3.23. The number of likely N-dealkylation sites (tertiary alicyclic amines) is 1. The predicted molar refractivity (Wildman–Crippen MR) is 118 cm³/mol. The molecule has 0 radical (unpaired) electrons. The van der Waals surface area contributed by atoms with Crippen molar-refractivity contribution in [3.05, 3.63) is 41.7 Å². The fourth-order valence-electron chi connectivity index (χ4n) is 4.17. The predicted octanol–water partition coefficient (Wildman–Crippen LogP) is 1.16. The van der Waals surface area contributed by atoms with E-state index in [0.717, 1.165) is 37.1 Å². The van der Waals surface area contributed by atoms with Crippen molar-refractivity contribution in [2.75, 3.05) is 25.9 Å². The van der Waals surface area contributed by atoms with Crippen LogP contribution in [0.25, 0.3) is 23.0 Å². The summed E-state index contributed by atoms with van der Waals surface area (Å²) in [5.41, 5.74) is 15.0. The molecule has 2 fully saturated rings. The van der Waals surface area contributed by atoms with Gasteiger partial charge in [-0.1, -0.05) is 12.1 Å². The first kappa shape index (κ1) is 20.5. The van der Waals surface area contributed by atoms with E-state index < -0.39 is 0 Å². The van der Waals surface area contributed by atoms with E-state index >= 15 is 0 Å². The number of benzene rings is 1. The average Bonchev–Trinajstić information content (AvgIpc) is 3.22. The highest BCUT2D eigenvalue weighted by Gasteiger charge is 2.48. The zero-order valence-corrected chi connectivity index (χ0v) is 17.9. The van der Waals surface area contributed by atoms with Crippen molar-refractivity contribution in [1.29, 1.82) is 0 Å². The highest BCUT2D eigenvalue weighted by Crippen LogP contribution is 2.48. The standard InChI is InChI=1S/C22H26N8O2/c1-25-9-12-2-4-13(5-3-12)20-28-29-21(32-20)18-19(24)26-10-17(27-18)15-8-16(15)22(31)30-7-6-14(23)11-30/h2-5,10,14-16,25H,6-9,11,23H2,1H3,(H2,24,26)/t14-,15?,16?/m1/s1. The molecule has 0 spiro atoms. The molecule has 32 heavy (non-hydrogen) atoms. The van der Waals surface area contributed by atoms with E-state index in [1.54, 1.807) is 6.20 Å². The monoisotopic (exact) mass is 434 g/mol. The summed E-state index contributed by atoms with van der Waals surface area (Å²) < 4.78 is 5.85. The average molecular weight is 435 g/mol. The van der Waals surface area contributed by atoms with Gasteiger partial charge in [0.15, 0.2) is 11.5 Å². The van der Waals surface area contributed by atoms with E-state index in [2.05, 4.69) is 25.5 Å². The Kier molecular flexibility index (Phi) is 5.32. The molecule has 0 bridgehead atoms. The van der Waals surface area contributed by atoms with Crippen LogP contribution in [0.2, 0.25) is 0 Å². The van der Waals surface area contributed by atoms with Crippen LogP contribution in [0.1, 0.15) is 30.0 Å². The van der Waals surface area contributed by atoms with Gasteiger partial charge >= 0.3 is 0 Å². The number of amides is 1. The quantitative estimate of drug-likeness (QED) is 0.519. The van der Waals surface area contributed by atoms with Crippen LogP contribution >= 0.6 is 0 Å². The fraction of sp³-hybridized carbons (Fsp3) is 0.409. The first-order valence-electron chi connectivity index (χ1n) is 10.8. The lowest BCUT2D eigenvalue weighted by Gasteiger charge is -2.15. The van der Waals surface area contributed by atoms with Crippen molar-refractivity contribution in [2.24, 2.45) is 11.7 Å². The van der Waals surface area contributed by atoms with Crippen LogP contribution in [0.15, 0.2) is 34.9 Å². The first-order chi connectivity index (χ1) is 15.5. The van der Waals surface area contributed by atoms with Crippen LogP contribution in [0, 0.1) is 5.92 Å². The van der Waals surface area contributed by atoms with Gasteiger partial charge in [0.1, 0.15) is 0 Å². The SMILES string of the molecule is CNCc1ccc(-c2nnc(-c3nc(C4CC4C(=O)N4CC[C@@H](N)C4)cnc3N)o2)cc1. The van der Waals surface area contributed by atoms with Gasteiger partial charge in [-0.15, -0.1) is 10.2 Å². The largest absolute Gasteiger partial charge is 0.414 e. The summed E-state index contributed by atoms with van der Waals surface area (Å²) in [4.78, 5) is 23.5. The van der Waals surface area contributed by atoms with Gasteiger partial charge in [0, 0.05) is 43.1 Å². The van der Waals surface area contributed by atoms with Crippen LogP contribution in [0.4, 0.5) is 5.82 Å². The van der Waals surface area contributed by atoms with Crippen molar-refractivity contribution in [2.45, 2.75) is 31.3 Å². The molecular formula is C22H26N8O2. The molecule has 3 heterocycles. The number of aromatic nitrogens is 4. The van der Waals surface area contributed by atoms with Crippen LogP contribution in [0.3, 0.4) is 0 Å². The number of nitrogen functional groups attached to an aromatic ring is 1. The Morgan fingerprint density at radius 1 is 1.25 bits per heavy atom. The van der Waals surface area contributed by atoms with Crippen LogP contribution in [0.5, 0.6) is 0 Å². The number of nitrogens with zero attached hydrogens (tertiary/aromatic N) is 5. The van der Waals surface area contributed by atoms with E-state index in [-0.39, 0.29) is 35.5 Å². The minimum absolute atomic E-state index is 0.0216. The lowest BCUT2D eigenvalue weighted by molar-refractivity contribution is -0.131. The van der Waals surface area contributed by atoms with E-state index in [9.17, 15) is 4.79 Å². The Labute approximate surface area is 185 Å². The Hall–Kier alpha value is -3.37. The van der Waals surface area contributed by atoms with Crippen LogP contribution in [-0.4, -0.2) is 57.2 Å².